The number of thioether (sulfide) groups is 1. The van der Waals surface area contributed by atoms with Crippen molar-refractivity contribution in [2.75, 3.05) is 59.4 Å². The number of aromatic amines is 1. The van der Waals surface area contributed by atoms with Gasteiger partial charge < -0.3 is 40.2 Å². The number of H-pyrrole nitrogens is 1. The maximum Gasteiger partial charge on any atom is 0.373 e. The summed E-state index contributed by atoms with van der Waals surface area (Å²) in [6.45, 7) is 9.12. The lowest BCUT2D eigenvalue weighted by molar-refractivity contribution is -0.205. The molecule has 10 rings (SSSR count). The number of alkyl halides is 2. The number of imide groups is 1. The van der Waals surface area contributed by atoms with Crippen molar-refractivity contribution in [2.45, 2.75) is 108 Å². The number of benzene rings is 3. The van der Waals surface area contributed by atoms with Crippen molar-refractivity contribution in [3.05, 3.63) is 59.3 Å². The van der Waals surface area contributed by atoms with Crippen LogP contribution in [0.15, 0.2) is 42.6 Å². The second kappa shape index (κ2) is 20.2. The van der Waals surface area contributed by atoms with Gasteiger partial charge in [0, 0.05) is 91.5 Å². The summed E-state index contributed by atoms with van der Waals surface area (Å²) in [6, 6.07) is 9.04. The quantitative estimate of drug-likeness (QED) is 0.0265. The van der Waals surface area contributed by atoms with Crippen LogP contribution in [0.25, 0.3) is 21.7 Å². The van der Waals surface area contributed by atoms with Gasteiger partial charge in [0.05, 0.1) is 33.0 Å². The molecule has 5 N–H and O–H groups in total. The van der Waals surface area contributed by atoms with Gasteiger partial charge in [0.15, 0.2) is 5.75 Å². The number of rotatable bonds is 19. The molecule has 3 aliphatic carbocycles. The minimum Gasteiger partial charge on any atom is -0.422 e. The molecule has 0 spiro atoms. The zero-order valence-corrected chi connectivity index (χ0v) is 45.0. The summed E-state index contributed by atoms with van der Waals surface area (Å²) < 4.78 is 18.0. The van der Waals surface area contributed by atoms with Crippen LogP contribution < -0.4 is 30.3 Å². The fourth-order valence-electron chi connectivity index (χ4n) is 12.0. The summed E-state index contributed by atoms with van der Waals surface area (Å²) in [6.07, 6.45) is 6.68. The molecule has 4 fully saturated rings. The summed E-state index contributed by atoms with van der Waals surface area (Å²) in [5, 5.41) is 10.6. The van der Waals surface area contributed by atoms with Crippen molar-refractivity contribution in [3.63, 3.8) is 0 Å². The first-order chi connectivity index (χ1) is 34.6. The van der Waals surface area contributed by atoms with Crippen LogP contribution in [0.4, 0.5) is 17.1 Å². The Morgan fingerprint density at radius 2 is 1.51 bits per heavy atom. The molecular formula is C52H62Cl2N7O10PS. The summed E-state index contributed by atoms with van der Waals surface area (Å²) >= 11 is 14.6. The predicted molar refractivity (Wildman–Crippen MR) is 284 cm³/mol. The minimum absolute atomic E-state index is 0.118. The standard InChI is InChI=1S/C52H62Cl2N7O10PS/c1-27(2)44(58-39(62)14-8-7-11-15-59-40(63)18-38(73-6)48(59)66)47(65)56-29(4)46(64)57-34-16-35-42(33-13-10-9-12-32(33)34)30(19-53)22-60(35)49(67)51-24-52(25-51,26-51)50(68)61-23-31(20-54)43-36(61)17-37(71-72(5,69)70)45-41(43)28(3)21-55-45/h9-10,12-13,16-17,21,27,29-31,38,44,55H,7-8,11,14-15,18-20,22-26H2,1-6H3,(H,56,65)(H,57,64)(H,58,62)(H,69,70). The fraction of sp³-hybridized carbons (Fsp3) is 0.519. The van der Waals surface area contributed by atoms with Crippen LogP contribution in [0, 0.1) is 23.7 Å². The Kier molecular flexibility index (Phi) is 14.6. The first kappa shape index (κ1) is 52.7. The third-order valence-corrected chi connectivity index (χ3v) is 17.7. The number of carbonyl (C=O) groups is 7. The number of amides is 7. The average molecular weight is 1080 g/mol. The summed E-state index contributed by atoms with van der Waals surface area (Å²) in [5.74, 6) is -2.01. The van der Waals surface area contributed by atoms with Crippen molar-refractivity contribution in [2.24, 2.45) is 16.7 Å². The number of hydrogen-bond donors (Lipinski definition) is 5. The molecule has 1 saturated heterocycles. The highest BCUT2D eigenvalue weighted by Crippen LogP contribution is 2.75. The van der Waals surface area contributed by atoms with Crippen molar-refractivity contribution in [1.29, 1.82) is 0 Å². The number of nitrogens with zero attached hydrogens (tertiary/aromatic N) is 3. The second-order valence-electron chi connectivity index (χ2n) is 21.1. The number of nitrogens with one attached hydrogen (secondary N) is 4. The molecule has 4 heterocycles. The highest BCUT2D eigenvalue weighted by Gasteiger charge is 2.76. The number of halogens is 2. The van der Waals surface area contributed by atoms with Crippen LogP contribution in [0.1, 0.15) is 101 Å². The Hall–Kier alpha value is -5.13. The molecular weight excluding hydrogens is 1020 g/mol. The van der Waals surface area contributed by atoms with Crippen molar-refractivity contribution < 1.29 is 47.5 Å². The Balaban J connectivity index is 0.858. The number of carbonyl (C=O) groups excluding carboxylic acids is 7. The molecule has 3 saturated carbocycles. The molecule has 4 aromatic rings. The van der Waals surface area contributed by atoms with Crippen LogP contribution in [-0.4, -0.2) is 118 Å². The van der Waals surface area contributed by atoms with Gasteiger partial charge in [-0.1, -0.05) is 44.5 Å². The topological polar surface area (TPSA) is 228 Å². The van der Waals surface area contributed by atoms with Gasteiger partial charge >= 0.3 is 7.60 Å². The highest BCUT2D eigenvalue weighted by atomic mass is 35.5. The van der Waals surface area contributed by atoms with E-state index >= 15 is 0 Å². The lowest BCUT2D eigenvalue weighted by Gasteiger charge is -2.69. The molecule has 7 amide bonds. The summed E-state index contributed by atoms with van der Waals surface area (Å²) in [5.41, 5.74) is 3.28. The maximum absolute atomic E-state index is 14.9. The van der Waals surface area contributed by atoms with Crippen LogP contribution in [-0.2, 0) is 38.1 Å². The van der Waals surface area contributed by atoms with Gasteiger partial charge in [-0.2, -0.15) is 11.8 Å². The lowest BCUT2D eigenvalue weighted by Crippen LogP contribution is -2.73. The smallest absolute Gasteiger partial charge is 0.373 e. The van der Waals surface area contributed by atoms with Crippen molar-refractivity contribution >= 4 is 123 Å². The Morgan fingerprint density at radius 1 is 0.890 bits per heavy atom. The number of aryl methyl sites for hydroxylation is 1. The number of unbranched alkanes of at least 4 members (excludes halogenated alkanes) is 2. The first-order valence-corrected chi connectivity index (χ1v) is 29.3. The van der Waals surface area contributed by atoms with E-state index < -0.39 is 42.3 Å². The summed E-state index contributed by atoms with van der Waals surface area (Å²) in [7, 11) is -3.97. The number of fused-ring (bicyclic) bond motifs is 6. The largest absolute Gasteiger partial charge is 0.422 e. The molecule has 73 heavy (non-hydrogen) atoms. The van der Waals surface area contributed by atoms with Gasteiger partial charge in [0.2, 0.25) is 41.4 Å². The van der Waals surface area contributed by atoms with E-state index in [2.05, 4.69) is 20.9 Å². The van der Waals surface area contributed by atoms with Gasteiger partial charge in [-0.25, -0.2) is 4.57 Å². The van der Waals surface area contributed by atoms with E-state index in [1.807, 2.05) is 37.4 Å². The van der Waals surface area contributed by atoms with E-state index in [0.717, 1.165) is 39.5 Å². The van der Waals surface area contributed by atoms with E-state index in [9.17, 15) is 43.0 Å². The minimum atomic E-state index is -3.97. The monoisotopic (exact) mass is 1080 g/mol. The van der Waals surface area contributed by atoms with Crippen molar-refractivity contribution in [3.8, 4) is 5.75 Å². The zero-order chi connectivity index (χ0) is 52.5. The molecule has 0 radical (unpaired) electrons. The number of likely N-dealkylation sites (tertiary alicyclic amines) is 1. The third-order valence-electron chi connectivity index (χ3n) is 15.5. The lowest BCUT2D eigenvalue weighted by atomic mass is 9.34. The van der Waals surface area contributed by atoms with E-state index in [0.29, 0.717) is 80.7 Å². The molecule has 390 valence electrons. The average Bonchev–Trinajstić information content (AvgIpc) is 4.07. The van der Waals surface area contributed by atoms with E-state index in [1.165, 1.54) is 16.7 Å². The molecule has 6 atom stereocenters. The van der Waals surface area contributed by atoms with E-state index in [-0.39, 0.29) is 82.9 Å². The van der Waals surface area contributed by atoms with Crippen molar-refractivity contribution in [1.82, 2.24) is 20.5 Å². The Morgan fingerprint density at radius 3 is 2.10 bits per heavy atom. The second-order valence-corrected chi connectivity index (χ2v) is 24.5. The SMILES string of the molecule is CSC1CC(=O)N(CCCCCC(=O)NC(C(=O)NC(C)C(=O)Nc2cc3c(c4ccccc24)C(CCl)CN3C(=O)C23CC(C(=O)N4CC(CCl)c5c4cc(OP(C)(=O)O)c4[nH]cc(C)c54)(C2)C3)C(C)C)C1=O. The molecule has 3 aliphatic heterocycles. The van der Waals surface area contributed by atoms with E-state index in [4.69, 9.17) is 27.7 Å². The fourth-order valence-corrected chi connectivity index (χ4v) is 13.6. The molecule has 6 unspecified atom stereocenters. The van der Waals surface area contributed by atoms with Crippen LogP contribution in [0.5, 0.6) is 5.75 Å². The van der Waals surface area contributed by atoms with Gasteiger partial charge in [0.25, 0.3) is 0 Å². The first-order valence-electron chi connectivity index (χ1n) is 24.9. The number of hydrogen-bond acceptors (Lipinski definition) is 10. The normalized spacial score (nSPS) is 24.5. The maximum atomic E-state index is 14.9. The van der Waals surface area contributed by atoms with Gasteiger partial charge in [-0.05, 0) is 86.3 Å². The predicted octanol–water partition coefficient (Wildman–Crippen LogP) is 7.67. The molecule has 3 aromatic carbocycles. The number of aromatic nitrogens is 1. The van der Waals surface area contributed by atoms with Gasteiger partial charge in [0.1, 0.15) is 12.1 Å². The zero-order valence-electron chi connectivity index (χ0n) is 41.8. The third kappa shape index (κ3) is 9.53. The molecule has 6 aliphatic rings. The van der Waals surface area contributed by atoms with Crippen LogP contribution in [0.2, 0.25) is 0 Å². The number of anilines is 3. The molecule has 2 bridgehead atoms. The Bertz CT molecular complexity index is 3000. The highest BCUT2D eigenvalue weighted by molar-refractivity contribution is 8.00. The van der Waals surface area contributed by atoms with E-state index in [1.54, 1.807) is 48.9 Å². The molecule has 21 heteroatoms. The van der Waals surface area contributed by atoms with Gasteiger partial charge in [-0.15, -0.1) is 23.2 Å². The molecule has 1 aromatic heterocycles. The summed E-state index contributed by atoms with van der Waals surface area (Å²) in [4.78, 5) is 113. The van der Waals surface area contributed by atoms with Crippen LogP contribution >= 0.6 is 42.6 Å². The Labute approximate surface area is 438 Å². The van der Waals surface area contributed by atoms with Crippen LogP contribution in [0.3, 0.4) is 0 Å². The van der Waals surface area contributed by atoms with Gasteiger partial charge in [-0.3, -0.25) is 38.5 Å². The molecule has 17 nitrogen and oxygen atoms in total.